The Morgan fingerprint density at radius 1 is 1.00 bits per heavy atom. The van der Waals surface area contributed by atoms with Gasteiger partial charge in [0.2, 0.25) is 0 Å². The summed E-state index contributed by atoms with van der Waals surface area (Å²) in [5, 5.41) is 7.42. The van der Waals surface area contributed by atoms with E-state index in [-0.39, 0.29) is 11.8 Å². The molecule has 0 saturated carbocycles. The number of anilines is 1. The largest absolute Gasteiger partial charge is 0.337 e. The molecular formula is C30H30ClN5O2. The molecule has 2 aromatic carbocycles. The van der Waals surface area contributed by atoms with E-state index in [4.69, 9.17) is 11.6 Å². The third kappa shape index (κ3) is 5.63. The van der Waals surface area contributed by atoms with Gasteiger partial charge in [0.05, 0.1) is 22.5 Å². The highest BCUT2D eigenvalue weighted by Gasteiger charge is 2.32. The van der Waals surface area contributed by atoms with Crippen molar-refractivity contribution in [1.29, 1.82) is 0 Å². The molecule has 0 atom stereocenters. The van der Waals surface area contributed by atoms with Crippen LogP contribution in [0.15, 0.2) is 73.2 Å². The number of pyridine rings is 1. The standard InChI is InChI=1S/C30H30ClN5O2/c1-19(2)12-26-10-8-23(14-32-26)29(37)34-28-13-22(9-11-27(28)31)30(38)36-17-25(18-36)21-6-4-20(5-7-21)24-15-33-35(3)16-24/h4-11,13-16,19,25H,12,17-18H2,1-3H3,(H,34,37). The highest BCUT2D eigenvalue weighted by atomic mass is 35.5. The summed E-state index contributed by atoms with van der Waals surface area (Å²) in [7, 11) is 1.90. The fraction of sp³-hybridized carbons (Fsp3) is 0.267. The van der Waals surface area contributed by atoms with Crippen LogP contribution in [0.5, 0.6) is 0 Å². The predicted molar refractivity (Wildman–Crippen MR) is 149 cm³/mol. The van der Waals surface area contributed by atoms with E-state index in [1.165, 1.54) is 5.56 Å². The summed E-state index contributed by atoms with van der Waals surface area (Å²) in [4.78, 5) is 32.1. The molecule has 0 spiro atoms. The minimum absolute atomic E-state index is 0.0832. The molecule has 0 unspecified atom stereocenters. The molecule has 38 heavy (non-hydrogen) atoms. The van der Waals surface area contributed by atoms with Gasteiger partial charge in [0, 0.05) is 55.3 Å². The first-order valence-electron chi connectivity index (χ1n) is 12.7. The van der Waals surface area contributed by atoms with Crippen molar-refractivity contribution in [3.8, 4) is 11.1 Å². The van der Waals surface area contributed by atoms with E-state index in [9.17, 15) is 9.59 Å². The smallest absolute Gasteiger partial charge is 0.257 e. The lowest BCUT2D eigenvalue weighted by Crippen LogP contribution is -2.48. The summed E-state index contributed by atoms with van der Waals surface area (Å²) in [6.07, 6.45) is 6.26. The average Bonchev–Trinajstić information content (AvgIpc) is 3.31. The van der Waals surface area contributed by atoms with Crippen LogP contribution in [0.4, 0.5) is 5.69 Å². The number of nitrogens with one attached hydrogen (secondary N) is 1. The molecule has 1 aliphatic rings. The van der Waals surface area contributed by atoms with Gasteiger partial charge in [0.1, 0.15) is 0 Å². The Morgan fingerprint density at radius 3 is 2.37 bits per heavy atom. The van der Waals surface area contributed by atoms with Crippen molar-refractivity contribution in [1.82, 2.24) is 19.7 Å². The van der Waals surface area contributed by atoms with Crippen LogP contribution in [0.1, 0.15) is 51.7 Å². The molecular weight excluding hydrogens is 498 g/mol. The number of rotatable bonds is 7. The third-order valence-corrected chi connectivity index (χ3v) is 7.08. The van der Waals surface area contributed by atoms with Crippen LogP contribution in [0.2, 0.25) is 5.02 Å². The first-order valence-corrected chi connectivity index (χ1v) is 13.1. The van der Waals surface area contributed by atoms with Gasteiger partial charge in [-0.05, 0) is 53.8 Å². The number of halogens is 1. The highest BCUT2D eigenvalue weighted by molar-refractivity contribution is 6.34. The summed E-state index contributed by atoms with van der Waals surface area (Å²) in [5.41, 5.74) is 5.67. The minimum atomic E-state index is -0.321. The van der Waals surface area contributed by atoms with Crippen LogP contribution < -0.4 is 5.32 Å². The lowest BCUT2D eigenvalue weighted by Gasteiger charge is -2.39. The van der Waals surface area contributed by atoms with Crippen LogP contribution in [0, 0.1) is 5.92 Å². The zero-order chi connectivity index (χ0) is 26.8. The van der Waals surface area contributed by atoms with Gasteiger partial charge in [0.25, 0.3) is 11.8 Å². The summed E-state index contributed by atoms with van der Waals surface area (Å²) >= 11 is 6.34. The molecule has 0 radical (unpaired) electrons. The number of aromatic nitrogens is 3. The van der Waals surface area contributed by atoms with Crippen LogP contribution >= 0.6 is 11.6 Å². The summed E-state index contributed by atoms with van der Waals surface area (Å²) in [6, 6.07) is 17.0. The first kappa shape index (κ1) is 25.7. The predicted octanol–water partition coefficient (Wildman–Crippen LogP) is 5.83. The van der Waals surface area contributed by atoms with E-state index in [2.05, 4.69) is 53.5 Å². The van der Waals surface area contributed by atoms with Crippen molar-refractivity contribution in [2.45, 2.75) is 26.2 Å². The fourth-order valence-electron chi connectivity index (χ4n) is 4.60. The van der Waals surface area contributed by atoms with E-state index in [1.54, 1.807) is 35.1 Å². The molecule has 8 heteroatoms. The number of likely N-dealkylation sites (tertiary alicyclic amines) is 1. The topological polar surface area (TPSA) is 80.1 Å². The van der Waals surface area contributed by atoms with Crippen molar-refractivity contribution in [3.63, 3.8) is 0 Å². The lowest BCUT2D eigenvalue weighted by molar-refractivity contribution is 0.0602. The number of hydrogen-bond acceptors (Lipinski definition) is 4. The number of benzene rings is 2. The maximum absolute atomic E-state index is 13.1. The Balaban J connectivity index is 1.20. The zero-order valence-corrected chi connectivity index (χ0v) is 22.4. The molecule has 194 valence electrons. The van der Waals surface area contributed by atoms with E-state index in [1.807, 2.05) is 30.4 Å². The minimum Gasteiger partial charge on any atom is -0.337 e. The molecule has 2 amide bonds. The number of nitrogens with zero attached hydrogens (tertiary/aromatic N) is 4. The van der Waals surface area contributed by atoms with Gasteiger partial charge < -0.3 is 10.2 Å². The number of hydrogen-bond donors (Lipinski definition) is 1. The van der Waals surface area contributed by atoms with E-state index < -0.39 is 0 Å². The lowest BCUT2D eigenvalue weighted by atomic mass is 9.90. The molecule has 1 N–H and O–H groups in total. The van der Waals surface area contributed by atoms with E-state index >= 15 is 0 Å². The Bertz CT molecular complexity index is 1460. The molecule has 1 saturated heterocycles. The summed E-state index contributed by atoms with van der Waals surface area (Å²) < 4.78 is 1.79. The molecule has 4 aromatic rings. The molecule has 1 aliphatic heterocycles. The number of aryl methyl sites for hydroxylation is 1. The van der Waals surface area contributed by atoms with Gasteiger partial charge in [-0.15, -0.1) is 0 Å². The molecule has 7 nitrogen and oxygen atoms in total. The normalized spacial score (nSPS) is 13.4. The van der Waals surface area contributed by atoms with Gasteiger partial charge >= 0.3 is 0 Å². The van der Waals surface area contributed by atoms with Crippen LogP contribution in [0.3, 0.4) is 0 Å². The molecule has 1 fully saturated rings. The number of amides is 2. The monoisotopic (exact) mass is 527 g/mol. The molecule has 0 aliphatic carbocycles. The Kier molecular flexibility index (Phi) is 7.29. The quantitative estimate of drug-likeness (QED) is 0.328. The van der Waals surface area contributed by atoms with Crippen molar-refractivity contribution in [2.75, 3.05) is 18.4 Å². The Hall–Kier alpha value is -3.97. The highest BCUT2D eigenvalue weighted by Crippen LogP contribution is 2.31. The van der Waals surface area contributed by atoms with E-state index in [0.29, 0.717) is 46.8 Å². The third-order valence-electron chi connectivity index (χ3n) is 6.75. The van der Waals surface area contributed by atoms with Gasteiger partial charge in [-0.2, -0.15) is 5.10 Å². The second-order valence-corrected chi connectivity index (χ2v) is 10.6. The Morgan fingerprint density at radius 2 is 1.74 bits per heavy atom. The molecule has 5 rings (SSSR count). The Labute approximate surface area is 227 Å². The molecule has 3 heterocycles. The first-order chi connectivity index (χ1) is 18.3. The van der Waals surface area contributed by atoms with Crippen molar-refractivity contribution in [3.05, 3.63) is 101 Å². The second-order valence-electron chi connectivity index (χ2n) is 10.2. The number of carbonyl (C=O) groups is 2. The maximum Gasteiger partial charge on any atom is 0.257 e. The van der Waals surface area contributed by atoms with Gasteiger partial charge in [-0.3, -0.25) is 19.3 Å². The number of carbonyl (C=O) groups excluding carboxylic acids is 2. The summed E-state index contributed by atoms with van der Waals surface area (Å²) in [5.74, 6) is 0.374. The van der Waals surface area contributed by atoms with Crippen LogP contribution in [-0.2, 0) is 13.5 Å². The van der Waals surface area contributed by atoms with Crippen molar-refractivity contribution < 1.29 is 9.59 Å². The van der Waals surface area contributed by atoms with Crippen molar-refractivity contribution >= 4 is 29.1 Å². The van der Waals surface area contributed by atoms with Gasteiger partial charge in [-0.25, -0.2) is 0 Å². The molecule has 0 bridgehead atoms. The fourth-order valence-corrected chi connectivity index (χ4v) is 4.77. The van der Waals surface area contributed by atoms with Gasteiger partial charge in [0.15, 0.2) is 0 Å². The molecule has 2 aromatic heterocycles. The summed E-state index contributed by atoms with van der Waals surface area (Å²) in [6.45, 7) is 5.54. The van der Waals surface area contributed by atoms with Crippen LogP contribution in [-0.4, -0.2) is 44.6 Å². The van der Waals surface area contributed by atoms with Gasteiger partial charge in [-0.1, -0.05) is 49.7 Å². The van der Waals surface area contributed by atoms with E-state index in [0.717, 1.165) is 23.2 Å². The second kappa shape index (κ2) is 10.8. The SMILES string of the molecule is CC(C)Cc1ccc(C(=O)Nc2cc(C(=O)N3CC(c4ccc(-c5cnn(C)c5)cc4)C3)ccc2Cl)cn1. The maximum atomic E-state index is 13.1. The average molecular weight is 528 g/mol. The van der Waals surface area contributed by atoms with Crippen molar-refractivity contribution in [2.24, 2.45) is 13.0 Å². The zero-order valence-electron chi connectivity index (χ0n) is 21.7. The van der Waals surface area contributed by atoms with Crippen LogP contribution in [0.25, 0.3) is 11.1 Å².